The molecule has 0 radical (unpaired) electrons. The van der Waals surface area contributed by atoms with Crippen LogP contribution >= 0.6 is 0 Å². The lowest BCUT2D eigenvalue weighted by molar-refractivity contribution is -0.694. The van der Waals surface area contributed by atoms with Crippen LogP contribution in [0.15, 0.2) is 73.1 Å². The number of ether oxygens (including phenoxy) is 1. The number of benzene rings is 2. The molecule has 3 aromatic rings. The summed E-state index contributed by atoms with van der Waals surface area (Å²) in [4.78, 5) is 15.5. The summed E-state index contributed by atoms with van der Waals surface area (Å²) in [5.74, 6) is 0.961. The summed E-state index contributed by atoms with van der Waals surface area (Å²) >= 11 is 0. The molecule has 0 unspecified atom stereocenters. The van der Waals surface area contributed by atoms with Gasteiger partial charge in [-0.15, -0.1) is 0 Å². The molecule has 0 N–H and O–H groups in total. The normalized spacial score (nSPS) is 10.7. The number of carbonyl (C=O) groups excluding carboxylic acids is 1. The number of hydrogen-bond donors (Lipinski definition) is 0. The summed E-state index contributed by atoms with van der Waals surface area (Å²) in [6.45, 7) is 9.29. The van der Waals surface area contributed by atoms with Crippen molar-refractivity contribution in [2.75, 3.05) is 6.61 Å². The minimum atomic E-state index is 0. The number of unbranched alkanes of at least 4 members (excludes halogenated alkanes) is 9. The first-order valence-corrected chi connectivity index (χ1v) is 15.1. The predicted molar refractivity (Wildman–Crippen MR) is 161 cm³/mol. The molecule has 5 heteroatoms. The largest absolute Gasteiger partial charge is 1.00 e. The van der Waals surface area contributed by atoms with Gasteiger partial charge in [0.1, 0.15) is 12.3 Å². The monoisotopic (exact) mass is 656 g/mol. The van der Waals surface area contributed by atoms with E-state index < -0.39 is 0 Å². The molecule has 0 aliphatic rings. The first-order valence-electron chi connectivity index (χ1n) is 15.1. The molecule has 0 saturated carbocycles. The average molecular weight is 657 g/mol. The Balaban J connectivity index is 0.00000560. The summed E-state index contributed by atoms with van der Waals surface area (Å²) in [6.07, 6.45) is 17.4. The molecule has 4 nitrogen and oxygen atoms in total. The molecule has 0 fully saturated rings. The van der Waals surface area contributed by atoms with E-state index in [1.165, 1.54) is 57.8 Å². The Hall–Kier alpha value is -2.41. The van der Waals surface area contributed by atoms with Crippen molar-refractivity contribution in [3.05, 3.63) is 95.3 Å². The molecule has 0 aliphatic carbocycles. The summed E-state index contributed by atoms with van der Waals surface area (Å²) in [5.41, 5.74) is 4.13. The van der Waals surface area contributed by atoms with E-state index >= 15 is 0 Å². The number of carbonyl (C=O) groups is 1. The molecular formula is C35H49IN2O2. The highest BCUT2D eigenvalue weighted by Crippen LogP contribution is 2.21. The number of halogens is 1. The van der Waals surface area contributed by atoms with Crippen molar-refractivity contribution < 1.29 is 38.1 Å². The van der Waals surface area contributed by atoms with E-state index in [0.717, 1.165) is 42.0 Å². The van der Waals surface area contributed by atoms with E-state index in [4.69, 9.17) is 4.74 Å². The van der Waals surface area contributed by atoms with E-state index in [0.29, 0.717) is 18.7 Å². The lowest BCUT2D eigenvalue weighted by Crippen LogP contribution is -3.00. The first kappa shape index (κ1) is 33.8. The van der Waals surface area contributed by atoms with E-state index in [-0.39, 0.29) is 29.9 Å². The minimum absolute atomic E-state index is 0. The Morgan fingerprint density at radius 1 is 0.800 bits per heavy atom. The Bertz CT molecular complexity index is 1120. The fraction of sp³-hybridized carbons (Fsp3) is 0.486. The van der Waals surface area contributed by atoms with Gasteiger partial charge in [0.15, 0.2) is 12.4 Å². The van der Waals surface area contributed by atoms with E-state index in [2.05, 4.69) is 68.1 Å². The van der Waals surface area contributed by atoms with Gasteiger partial charge in [-0.1, -0.05) is 89.0 Å². The quantitative estimate of drug-likeness (QED) is 0.104. The number of aryl methyl sites for hydroxylation is 2. The average Bonchev–Trinajstić information content (AvgIpc) is 2.97. The molecule has 0 atom stereocenters. The van der Waals surface area contributed by atoms with Crippen LogP contribution in [0.4, 0.5) is 0 Å². The maximum atomic E-state index is 13.5. The summed E-state index contributed by atoms with van der Waals surface area (Å²) in [5, 5.41) is 0. The van der Waals surface area contributed by atoms with Crippen molar-refractivity contribution in [2.24, 2.45) is 0 Å². The van der Waals surface area contributed by atoms with Crippen LogP contribution < -0.4 is 33.3 Å². The minimum Gasteiger partial charge on any atom is -1.00 e. The van der Waals surface area contributed by atoms with Crippen molar-refractivity contribution in [3.8, 4) is 5.75 Å². The lowest BCUT2D eigenvalue weighted by Gasteiger charge is -2.24. The predicted octanol–water partition coefficient (Wildman–Crippen LogP) is 5.45. The number of hydrogen-bond acceptors (Lipinski definition) is 2. The Morgan fingerprint density at radius 2 is 1.48 bits per heavy atom. The van der Waals surface area contributed by atoms with Gasteiger partial charge in [-0.05, 0) is 61.7 Å². The smallest absolute Gasteiger partial charge is 0.254 e. The third-order valence-corrected chi connectivity index (χ3v) is 7.41. The van der Waals surface area contributed by atoms with Crippen molar-refractivity contribution >= 4 is 5.91 Å². The highest BCUT2D eigenvalue weighted by Gasteiger charge is 2.19. The molecule has 3 rings (SSSR count). The van der Waals surface area contributed by atoms with Crippen LogP contribution in [0.1, 0.15) is 105 Å². The second-order valence-electron chi connectivity index (χ2n) is 10.7. The van der Waals surface area contributed by atoms with Crippen LogP contribution in [0.25, 0.3) is 0 Å². The number of nitrogens with zero attached hydrogens (tertiary/aromatic N) is 2. The summed E-state index contributed by atoms with van der Waals surface area (Å²) in [6, 6.07) is 20.0. The molecule has 0 spiro atoms. The van der Waals surface area contributed by atoms with Gasteiger partial charge in [-0.2, -0.15) is 0 Å². The van der Waals surface area contributed by atoms with Gasteiger partial charge in [-0.3, -0.25) is 4.79 Å². The molecule has 1 heterocycles. The summed E-state index contributed by atoms with van der Waals surface area (Å²) in [7, 11) is 0. The zero-order valence-corrected chi connectivity index (χ0v) is 27.1. The molecule has 0 bridgehead atoms. The number of rotatable bonds is 18. The fourth-order valence-corrected chi connectivity index (χ4v) is 4.97. The van der Waals surface area contributed by atoms with Gasteiger partial charge in [0.25, 0.3) is 5.91 Å². The van der Waals surface area contributed by atoms with Gasteiger partial charge < -0.3 is 33.6 Å². The standard InChI is InChI=1S/C35H49N2O2.HI/c1-4-6-7-8-9-10-11-12-13-17-25-39-34-23-22-33(30(3)26-34)29-37(35(38)32-20-15-14-16-21-32)28-31-19-18-24-36(5-2)27-31;/h14-16,18-24,26-27H,4-13,17,25,28-29H2,1-3H3;1H/q+1;/p-1. The second-order valence-corrected chi connectivity index (χ2v) is 10.7. The van der Waals surface area contributed by atoms with Crippen molar-refractivity contribution in [2.45, 2.75) is 105 Å². The molecule has 218 valence electrons. The first-order chi connectivity index (χ1) is 19.1. The lowest BCUT2D eigenvalue weighted by atomic mass is 10.1. The van der Waals surface area contributed by atoms with Crippen LogP contribution in [0.5, 0.6) is 5.75 Å². The van der Waals surface area contributed by atoms with Crippen LogP contribution in [0, 0.1) is 6.92 Å². The van der Waals surface area contributed by atoms with Crippen LogP contribution in [-0.4, -0.2) is 17.4 Å². The Labute approximate surface area is 260 Å². The number of aromatic nitrogens is 1. The third kappa shape index (κ3) is 12.0. The van der Waals surface area contributed by atoms with Crippen LogP contribution in [-0.2, 0) is 19.6 Å². The highest BCUT2D eigenvalue weighted by atomic mass is 127. The molecule has 0 aliphatic heterocycles. The third-order valence-electron chi connectivity index (χ3n) is 7.41. The molecule has 1 amide bonds. The SMILES string of the molecule is CCCCCCCCCCCCOc1ccc(CN(Cc2ccc[n+](CC)c2)C(=O)c2ccccc2)c(C)c1.[I-]. The highest BCUT2D eigenvalue weighted by molar-refractivity contribution is 5.94. The Kier molecular flexibility index (Phi) is 16.6. The molecule has 0 saturated heterocycles. The number of amides is 1. The van der Waals surface area contributed by atoms with Gasteiger partial charge >= 0.3 is 0 Å². The zero-order chi connectivity index (χ0) is 27.7. The van der Waals surface area contributed by atoms with Gasteiger partial charge in [-0.25, -0.2) is 4.57 Å². The molecule has 40 heavy (non-hydrogen) atoms. The molecule has 2 aromatic carbocycles. The van der Waals surface area contributed by atoms with E-state index in [1.54, 1.807) is 0 Å². The zero-order valence-electron chi connectivity index (χ0n) is 24.9. The fourth-order valence-electron chi connectivity index (χ4n) is 4.97. The molecular weight excluding hydrogens is 607 g/mol. The number of pyridine rings is 1. The van der Waals surface area contributed by atoms with Crippen molar-refractivity contribution in [1.29, 1.82) is 0 Å². The molecule has 1 aromatic heterocycles. The maximum Gasteiger partial charge on any atom is 0.254 e. The Morgan fingerprint density at radius 3 is 2.12 bits per heavy atom. The van der Waals surface area contributed by atoms with Crippen LogP contribution in [0.3, 0.4) is 0 Å². The van der Waals surface area contributed by atoms with Crippen molar-refractivity contribution in [3.63, 3.8) is 0 Å². The van der Waals surface area contributed by atoms with Gasteiger partial charge in [0, 0.05) is 23.7 Å². The topological polar surface area (TPSA) is 33.4 Å². The summed E-state index contributed by atoms with van der Waals surface area (Å²) < 4.78 is 8.22. The second kappa shape index (κ2) is 19.6. The van der Waals surface area contributed by atoms with Crippen molar-refractivity contribution in [1.82, 2.24) is 4.90 Å². The van der Waals surface area contributed by atoms with E-state index in [1.807, 2.05) is 35.2 Å². The van der Waals surface area contributed by atoms with Gasteiger partial charge in [0.2, 0.25) is 0 Å². The van der Waals surface area contributed by atoms with Crippen LogP contribution in [0.2, 0.25) is 0 Å². The van der Waals surface area contributed by atoms with E-state index in [9.17, 15) is 4.79 Å². The van der Waals surface area contributed by atoms with Gasteiger partial charge in [0.05, 0.1) is 13.2 Å². The maximum absolute atomic E-state index is 13.5.